The minimum Gasteiger partial charge on any atom is -0.370 e. The smallest absolute Gasteiger partial charge is 0.246 e. The summed E-state index contributed by atoms with van der Waals surface area (Å²) in [5, 5.41) is 7.38. The van der Waals surface area contributed by atoms with Crippen LogP contribution in [0.4, 0.5) is 26.1 Å². The number of carbonyl (C=O) groups excluding carboxylic acids is 1. The molecule has 4 rings (SSSR count). The van der Waals surface area contributed by atoms with E-state index >= 15 is 0 Å². The van der Waals surface area contributed by atoms with Crippen molar-refractivity contribution in [1.29, 1.82) is 0 Å². The second-order valence-corrected chi connectivity index (χ2v) is 7.66. The lowest BCUT2D eigenvalue weighted by Gasteiger charge is -2.41. The van der Waals surface area contributed by atoms with Gasteiger partial charge in [0.1, 0.15) is 18.0 Å². The van der Waals surface area contributed by atoms with E-state index in [1.165, 1.54) is 23.1 Å². The third-order valence-corrected chi connectivity index (χ3v) is 4.96. The van der Waals surface area contributed by atoms with Crippen molar-refractivity contribution < 1.29 is 13.6 Å². The molecule has 3 aromatic rings. The van der Waals surface area contributed by atoms with E-state index in [9.17, 15) is 13.6 Å². The van der Waals surface area contributed by atoms with Crippen LogP contribution in [-0.2, 0) is 4.79 Å². The topological polar surface area (TPSA) is 66.3 Å². The first-order valence-corrected chi connectivity index (χ1v) is 9.51. The number of hydrogen-bond acceptors (Lipinski definition) is 5. The summed E-state index contributed by atoms with van der Waals surface area (Å²) in [5.41, 5.74) is 3.08. The van der Waals surface area contributed by atoms with Gasteiger partial charge in [-0.3, -0.25) is 4.79 Å². The number of carbonyl (C=O) groups is 1. The molecule has 1 aromatic heterocycles. The zero-order valence-electron chi connectivity index (χ0n) is 16.9. The predicted octanol–water partition coefficient (Wildman–Crippen LogP) is 3.12. The van der Waals surface area contributed by atoms with Gasteiger partial charge in [-0.2, -0.15) is 4.98 Å². The van der Waals surface area contributed by atoms with Crippen LogP contribution in [-0.4, -0.2) is 52.8 Å². The van der Waals surface area contributed by atoms with E-state index in [0.717, 1.165) is 23.0 Å². The van der Waals surface area contributed by atoms with Gasteiger partial charge < -0.3 is 15.1 Å². The average molecular weight is 412 g/mol. The van der Waals surface area contributed by atoms with Crippen molar-refractivity contribution in [2.45, 2.75) is 6.92 Å². The summed E-state index contributed by atoms with van der Waals surface area (Å²) in [7, 11) is 3.54. The molecule has 30 heavy (non-hydrogen) atoms. The number of nitrogens with zero attached hydrogens (tertiary/aromatic N) is 5. The molecule has 9 heteroatoms. The van der Waals surface area contributed by atoms with Crippen LogP contribution in [0.2, 0.25) is 0 Å². The number of benzene rings is 2. The fraction of sp³-hybridized carbons (Fsp3) is 0.286. The Morgan fingerprint density at radius 1 is 1.07 bits per heavy atom. The van der Waals surface area contributed by atoms with E-state index in [4.69, 9.17) is 0 Å². The molecular weight excluding hydrogens is 390 g/mol. The first-order chi connectivity index (χ1) is 14.3. The summed E-state index contributed by atoms with van der Waals surface area (Å²) < 4.78 is 28.2. The van der Waals surface area contributed by atoms with Crippen molar-refractivity contribution in [2.24, 2.45) is 5.92 Å². The first-order valence-electron chi connectivity index (χ1n) is 9.51. The highest BCUT2D eigenvalue weighted by atomic mass is 19.1. The van der Waals surface area contributed by atoms with Crippen molar-refractivity contribution >= 4 is 23.2 Å². The lowest BCUT2D eigenvalue weighted by atomic mass is 9.97. The molecule has 0 atom stereocenters. The molecule has 2 aromatic carbocycles. The maximum Gasteiger partial charge on any atom is 0.246 e. The van der Waals surface area contributed by atoms with Crippen molar-refractivity contribution in [1.82, 2.24) is 19.7 Å². The minimum absolute atomic E-state index is 0.0148. The van der Waals surface area contributed by atoms with Gasteiger partial charge in [-0.15, -0.1) is 5.10 Å². The Labute approximate surface area is 172 Å². The number of hydrogen-bond donors (Lipinski definition) is 1. The molecule has 0 radical (unpaired) electrons. The number of amides is 1. The van der Waals surface area contributed by atoms with Crippen LogP contribution in [0, 0.1) is 24.5 Å². The summed E-state index contributed by atoms with van der Waals surface area (Å²) in [6.07, 6.45) is 1.39. The minimum atomic E-state index is -0.682. The van der Waals surface area contributed by atoms with Crippen LogP contribution < -0.4 is 10.2 Å². The van der Waals surface area contributed by atoms with Crippen molar-refractivity contribution in [3.8, 4) is 5.69 Å². The van der Waals surface area contributed by atoms with Gasteiger partial charge in [0.25, 0.3) is 0 Å². The average Bonchev–Trinajstić information content (AvgIpc) is 3.07. The second kappa shape index (κ2) is 7.74. The SMILES string of the molecule is Cc1cc(Nc2ncn(-c3cc(F)cc(F)c3)n2)cc(N2CC(C(=O)N(C)C)C2)c1. The third kappa shape index (κ3) is 4.10. The van der Waals surface area contributed by atoms with Crippen LogP contribution in [0.5, 0.6) is 0 Å². The van der Waals surface area contributed by atoms with E-state index in [0.29, 0.717) is 19.0 Å². The lowest BCUT2D eigenvalue weighted by Crippen LogP contribution is -2.53. The summed E-state index contributed by atoms with van der Waals surface area (Å²) in [4.78, 5) is 20.0. The molecule has 0 aliphatic carbocycles. The Morgan fingerprint density at radius 3 is 2.43 bits per heavy atom. The highest BCUT2D eigenvalue weighted by Crippen LogP contribution is 2.30. The number of nitrogens with one attached hydrogen (secondary N) is 1. The fourth-order valence-corrected chi connectivity index (χ4v) is 3.47. The number of aryl methyl sites for hydroxylation is 1. The van der Waals surface area contributed by atoms with E-state index in [1.807, 2.05) is 19.1 Å². The highest BCUT2D eigenvalue weighted by molar-refractivity contribution is 5.82. The maximum atomic E-state index is 13.4. The van der Waals surface area contributed by atoms with Gasteiger partial charge in [0.2, 0.25) is 11.9 Å². The molecule has 2 heterocycles. The van der Waals surface area contributed by atoms with E-state index < -0.39 is 11.6 Å². The summed E-state index contributed by atoms with van der Waals surface area (Å²) in [6.45, 7) is 3.34. The van der Waals surface area contributed by atoms with Gasteiger partial charge in [0, 0.05) is 44.6 Å². The standard InChI is InChI=1S/C21H22F2N6O/c1-13-4-17(9-18(5-13)28-10-14(11-28)20(30)27(2)3)25-21-24-12-29(26-21)19-7-15(22)6-16(23)8-19/h4-9,12,14H,10-11H2,1-3H3,(H,25,26). The van der Waals surface area contributed by atoms with Gasteiger partial charge >= 0.3 is 0 Å². The molecule has 1 fully saturated rings. The zero-order valence-corrected chi connectivity index (χ0v) is 16.9. The Bertz CT molecular complexity index is 1070. The lowest BCUT2D eigenvalue weighted by molar-refractivity contribution is -0.133. The molecule has 0 saturated carbocycles. The zero-order chi connectivity index (χ0) is 21.4. The second-order valence-electron chi connectivity index (χ2n) is 7.66. The quantitative estimate of drug-likeness (QED) is 0.698. The molecule has 156 valence electrons. The fourth-order valence-electron chi connectivity index (χ4n) is 3.47. The highest BCUT2D eigenvalue weighted by Gasteiger charge is 2.33. The van der Waals surface area contributed by atoms with Crippen molar-refractivity contribution in [3.05, 3.63) is 59.9 Å². The number of rotatable bonds is 5. The van der Waals surface area contributed by atoms with Crippen LogP contribution in [0.25, 0.3) is 5.69 Å². The monoisotopic (exact) mass is 412 g/mol. The van der Waals surface area contributed by atoms with Gasteiger partial charge in [0.05, 0.1) is 11.6 Å². The molecule has 0 spiro atoms. The Hall–Kier alpha value is -3.49. The van der Waals surface area contributed by atoms with Crippen LogP contribution in [0.1, 0.15) is 5.56 Å². The molecular formula is C21H22F2N6O. The molecule has 1 amide bonds. The Morgan fingerprint density at radius 2 is 1.77 bits per heavy atom. The predicted molar refractivity (Wildman–Crippen MR) is 110 cm³/mol. The third-order valence-electron chi connectivity index (χ3n) is 4.96. The summed E-state index contributed by atoms with van der Waals surface area (Å²) in [6, 6.07) is 9.15. The van der Waals surface area contributed by atoms with Gasteiger partial charge in [-0.1, -0.05) is 0 Å². The summed E-state index contributed by atoms with van der Waals surface area (Å²) in [5.74, 6) is -0.903. The van der Waals surface area contributed by atoms with Crippen molar-refractivity contribution in [3.63, 3.8) is 0 Å². The van der Waals surface area contributed by atoms with Gasteiger partial charge in [-0.25, -0.2) is 13.5 Å². The molecule has 1 saturated heterocycles. The first kappa shape index (κ1) is 19.8. The normalized spacial score (nSPS) is 13.8. The van der Waals surface area contributed by atoms with Crippen molar-refractivity contribution in [2.75, 3.05) is 37.4 Å². The van der Waals surface area contributed by atoms with Gasteiger partial charge in [-0.05, 0) is 42.8 Å². The molecule has 7 nitrogen and oxygen atoms in total. The van der Waals surface area contributed by atoms with Crippen LogP contribution in [0.3, 0.4) is 0 Å². The molecule has 1 N–H and O–H groups in total. The molecule has 0 unspecified atom stereocenters. The van der Waals surface area contributed by atoms with E-state index in [2.05, 4.69) is 26.4 Å². The number of halogens is 2. The van der Waals surface area contributed by atoms with E-state index in [1.54, 1.807) is 19.0 Å². The summed E-state index contributed by atoms with van der Waals surface area (Å²) >= 11 is 0. The number of aromatic nitrogens is 3. The Kier molecular flexibility index (Phi) is 5.11. The Balaban J connectivity index is 1.48. The number of anilines is 3. The maximum absolute atomic E-state index is 13.4. The largest absolute Gasteiger partial charge is 0.370 e. The molecule has 1 aliphatic rings. The molecule has 0 bridgehead atoms. The molecule has 1 aliphatic heterocycles. The van der Waals surface area contributed by atoms with Gasteiger partial charge in [0.15, 0.2) is 0 Å². The van der Waals surface area contributed by atoms with E-state index in [-0.39, 0.29) is 17.5 Å². The van der Waals surface area contributed by atoms with Crippen LogP contribution >= 0.6 is 0 Å². The van der Waals surface area contributed by atoms with Crippen LogP contribution in [0.15, 0.2) is 42.7 Å².